The summed E-state index contributed by atoms with van der Waals surface area (Å²) in [5, 5.41) is 2.73. The smallest absolute Gasteiger partial charge is 0.318 e. The number of nitrogens with one attached hydrogen (secondary N) is 1. The molecule has 2 rings (SSSR count). The van der Waals surface area contributed by atoms with Crippen molar-refractivity contribution in [3.8, 4) is 0 Å². The minimum atomic E-state index is -0.504. The van der Waals surface area contributed by atoms with E-state index in [1.165, 1.54) is 4.90 Å². The summed E-state index contributed by atoms with van der Waals surface area (Å²) in [7, 11) is 0. The van der Waals surface area contributed by atoms with Crippen LogP contribution in [-0.2, 0) is 11.3 Å². The van der Waals surface area contributed by atoms with Crippen molar-refractivity contribution in [2.24, 2.45) is 5.73 Å². The van der Waals surface area contributed by atoms with E-state index in [9.17, 15) is 9.59 Å². The van der Waals surface area contributed by atoms with E-state index in [1.807, 2.05) is 19.9 Å². The van der Waals surface area contributed by atoms with Crippen molar-refractivity contribution in [2.45, 2.75) is 39.3 Å². The highest BCUT2D eigenvalue weighted by atomic mass is 16.2. The summed E-state index contributed by atoms with van der Waals surface area (Å²) in [6.45, 7) is 4.55. The SMILES string of the molecule is Cc1cc(C)nc(CNC(=O)N2CCC[C@@H]2C(N)=O)n1. The molecule has 0 unspecified atom stereocenters. The lowest BCUT2D eigenvalue weighted by atomic mass is 10.2. The molecular weight excluding hydrogens is 258 g/mol. The van der Waals surface area contributed by atoms with Gasteiger partial charge in [-0.3, -0.25) is 4.79 Å². The van der Waals surface area contributed by atoms with E-state index < -0.39 is 11.9 Å². The zero-order valence-electron chi connectivity index (χ0n) is 11.7. The third-order valence-electron chi connectivity index (χ3n) is 3.27. The van der Waals surface area contributed by atoms with Gasteiger partial charge in [-0.1, -0.05) is 0 Å². The standard InChI is InChI=1S/C13H19N5O2/c1-8-6-9(2)17-11(16-8)7-15-13(20)18-5-3-4-10(18)12(14)19/h6,10H,3-5,7H2,1-2H3,(H2,14,19)(H,15,20)/t10-/m1/s1. The molecule has 1 saturated heterocycles. The predicted molar refractivity (Wildman–Crippen MR) is 72.7 cm³/mol. The molecule has 0 bridgehead atoms. The monoisotopic (exact) mass is 277 g/mol. The Kier molecular flexibility index (Phi) is 4.16. The van der Waals surface area contributed by atoms with E-state index in [0.29, 0.717) is 18.8 Å². The van der Waals surface area contributed by atoms with Gasteiger partial charge in [-0.25, -0.2) is 14.8 Å². The van der Waals surface area contributed by atoms with Gasteiger partial charge in [-0.15, -0.1) is 0 Å². The Balaban J connectivity index is 1.96. The molecule has 1 aromatic heterocycles. The zero-order chi connectivity index (χ0) is 14.7. The first-order chi connectivity index (χ1) is 9.47. The molecule has 0 saturated carbocycles. The molecule has 0 spiro atoms. The first kappa shape index (κ1) is 14.2. The van der Waals surface area contributed by atoms with Crippen LogP contribution in [0.1, 0.15) is 30.1 Å². The van der Waals surface area contributed by atoms with Gasteiger partial charge < -0.3 is 16.0 Å². The van der Waals surface area contributed by atoms with Crippen LogP contribution in [0.4, 0.5) is 4.79 Å². The van der Waals surface area contributed by atoms with Gasteiger partial charge >= 0.3 is 6.03 Å². The molecule has 7 heteroatoms. The number of nitrogens with two attached hydrogens (primary N) is 1. The Bertz CT molecular complexity index is 511. The first-order valence-corrected chi connectivity index (χ1v) is 6.62. The number of aryl methyl sites for hydroxylation is 2. The van der Waals surface area contributed by atoms with Crippen molar-refractivity contribution in [1.29, 1.82) is 0 Å². The number of carbonyl (C=O) groups is 2. The molecule has 3 amide bonds. The molecule has 1 fully saturated rings. The fourth-order valence-electron chi connectivity index (χ4n) is 2.44. The second-order valence-electron chi connectivity index (χ2n) is 4.98. The molecule has 1 atom stereocenters. The number of likely N-dealkylation sites (tertiary alicyclic amines) is 1. The molecule has 108 valence electrons. The van der Waals surface area contributed by atoms with Crippen LogP contribution < -0.4 is 11.1 Å². The van der Waals surface area contributed by atoms with Gasteiger partial charge in [-0.05, 0) is 32.8 Å². The van der Waals surface area contributed by atoms with Crippen LogP contribution in [0.25, 0.3) is 0 Å². The average molecular weight is 277 g/mol. The normalized spacial score (nSPS) is 18.1. The van der Waals surface area contributed by atoms with E-state index in [1.54, 1.807) is 0 Å². The Hall–Kier alpha value is -2.18. The molecule has 0 aromatic carbocycles. The number of primary amides is 1. The van der Waals surface area contributed by atoms with Crippen LogP contribution in [0.3, 0.4) is 0 Å². The van der Waals surface area contributed by atoms with Crippen molar-refractivity contribution in [2.75, 3.05) is 6.54 Å². The highest BCUT2D eigenvalue weighted by Gasteiger charge is 2.32. The lowest BCUT2D eigenvalue weighted by Crippen LogP contribution is -2.48. The van der Waals surface area contributed by atoms with Crippen molar-refractivity contribution in [3.05, 3.63) is 23.3 Å². The summed E-state index contributed by atoms with van der Waals surface area (Å²) < 4.78 is 0. The number of hydrogen-bond donors (Lipinski definition) is 2. The van der Waals surface area contributed by atoms with Crippen LogP contribution in [-0.4, -0.2) is 39.4 Å². The van der Waals surface area contributed by atoms with Crippen molar-refractivity contribution in [3.63, 3.8) is 0 Å². The molecule has 20 heavy (non-hydrogen) atoms. The molecule has 3 N–H and O–H groups in total. The lowest BCUT2D eigenvalue weighted by Gasteiger charge is -2.22. The quantitative estimate of drug-likeness (QED) is 0.827. The molecule has 1 aromatic rings. The van der Waals surface area contributed by atoms with E-state index in [2.05, 4.69) is 15.3 Å². The lowest BCUT2D eigenvalue weighted by molar-refractivity contribution is -0.121. The van der Waals surface area contributed by atoms with E-state index in [4.69, 9.17) is 5.73 Å². The van der Waals surface area contributed by atoms with Gasteiger partial charge in [-0.2, -0.15) is 0 Å². The topological polar surface area (TPSA) is 101 Å². The van der Waals surface area contributed by atoms with E-state index in [0.717, 1.165) is 17.8 Å². The van der Waals surface area contributed by atoms with Gasteiger partial charge in [0, 0.05) is 17.9 Å². The molecule has 2 heterocycles. The maximum Gasteiger partial charge on any atom is 0.318 e. The number of urea groups is 1. The third kappa shape index (κ3) is 3.23. The summed E-state index contributed by atoms with van der Waals surface area (Å²) in [5.41, 5.74) is 7.01. The van der Waals surface area contributed by atoms with Gasteiger partial charge in [0.05, 0.1) is 6.54 Å². The zero-order valence-corrected chi connectivity index (χ0v) is 11.7. The summed E-state index contributed by atoms with van der Waals surface area (Å²) >= 11 is 0. The summed E-state index contributed by atoms with van der Waals surface area (Å²) in [4.78, 5) is 33.3. The molecule has 0 aliphatic carbocycles. The second-order valence-corrected chi connectivity index (χ2v) is 4.98. The Morgan fingerprint density at radius 2 is 2.05 bits per heavy atom. The van der Waals surface area contributed by atoms with Gasteiger partial charge in [0.25, 0.3) is 0 Å². The van der Waals surface area contributed by atoms with Crippen molar-refractivity contribution in [1.82, 2.24) is 20.2 Å². The number of hydrogen-bond acceptors (Lipinski definition) is 4. The number of carbonyl (C=O) groups excluding carboxylic acids is 2. The summed E-state index contributed by atoms with van der Waals surface area (Å²) in [5.74, 6) is 0.103. The Morgan fingerprint density at radius 3 is 2.65 bits per heavy atom. The number of aromatic nitrogens is 2. The molecule has 1 aliphatic heterocycles. The van der Waals surface area contributed by atoms with Gasteiger partial charge in [0.2, 0.25) is 5.91 Å². The molecule has 7 nitrogen and oxygen atoms in total. The van der Waals surface area contributed by atoms with Crippen LogP contribution in [0.2, 0.25) is 0 Å². The predicted octanol–water partition coefficient (Wildman–Crippen LogP) is 0.253. The number of nitrogens with zero attached hydrogens (tertiary/aromatic N) is 3. The van der Waals surface area contributed by atoms with Crippen molar-refractivity contribution < 1.29 is 9.59 Å². The maximum atomic E-state index is 12.1. The van der Waals surface area contributed by atoms with Crippen LogP contribution in [0, 0.1) is 13.8 Å². The highest BCUT2D eigenvalue weighted by molar-refractivity contribution is 5.86. The van der Waals surface area contributed by atoms with Crippen molar-refractivity contribution >= 4 is 11.9 Å². The van der Waals surface area contributed by atoms with Crippen LogP contribution in [0.15, 0.2) is 6.07 Å². The first-order valence-electron chi connectivity index (χ1n) is 6.62. The molecule has 1 aliphatic rings. The Labute approximate surface area is 117 Å². The van der Waals surface area contributed by atoms with Crippen LogP contribution >= 0.6 is 0 Å². The van der Waals surface area contributed by atoms with Crippen LogP contribution in [0.5, 0.6) is 0 Å². The fraction of sp³-hybridized carbons (Fsp3) is 0.538. The molecule has 0 radical (unpaired) electrons. The summed E-state index contributed by atoms with van der Waals surface area (Å²) in [6, 6.07) is 1.07. The largest absolute Gasteiger partial charge is 0.368 e. The minimum absolute atomic E-state index is 0.239. The van der Waals surface area contributed by atoms with E-state index >= 15 is 0 Å². The molecular formula is C13H19N5O2. The Morgan fingerprint density at radius 1 is 1.40 bits per heavy atom. The minimum Gasteiger partial charge on any atom is -0.368 e. The second kappa shape index (κ2) is 5.85. The fourth-order valence-corrected chi connectivity index (χ4v) is 2.44. The van der Waals surface area contributed by atoms with Gasteiger partial charge in [0.15, 0.2) is 0 Å². The number of amides is 3. The third-order valence-corrected chi connectivity index (χ3v) is 3.27. The maximum absolute atomic E-state index is 12.1. The number of rotatable bonds is 3. The average Bonchev–Trinajstić information content (AvgIpc) is 2.84. The van der Waals surface area contributed by atoms with Gasteiger partial charge in [0.1, 0.15) is 11.9 Å². The van der Waals surface area contributed by atoms with E-state index in [-0.39, 0.29) is 12.6 Å². The summed E-state index contributed by atoms with van der Waals surface area (Å²) in [6.07, 6.45) is 1.42. The highest BCUT2D eigenvalue weighted by Crippen LogP contribution is 2.16.